The molecule has 0 bridgehead atoms. The van der Waals surface area contributed by atoms with Gasteiger partial charge in [0.1, 0.15) is 22.8 Å². The minimum absolute atomic E-state index is 0.0441. The Bertz CT molecular complexity index is 1500. The van der Waals surface area contributed by atoms with Crippen LogP contribution in [-0.2, 0) is 9.59 Å². The van der Waals surface area contributed by atoms with Crippen LogP contribution in [0.1, 0.15) is 12.8 Å². The summed E-state index contributed by atoms with van der Waals surface area (Å²) in [5.41, 5.74) is -0.0366. The maximum Gasteiger partial charge on any atom is 0.240 e. The Labute approximate surface area is 211 Å². The first-order valence-corrected chi connectivity index (χ1v) is 11.5. The van der Waals surface area contributed by atoms with Crippen molar-refractivity contribution in [1.82, 2.24) is 9.97 Å². The highest BCUT2D eigenvalue weighted by Crippen LogP contribution is 2.47. The van der Waals surface area contributed by atoms with Crippen LogP contribution in [0.3, 0.4) is 0 Å². The number of aromatic nitrogens is 2. The van der Waals surface area contributed by atoms with E-state index >= 15 is 0 Å². The number of ether oxygens (including phenoxy) is 1. The maximum atomic E-state index is 14.9. The van der Waals surface area contributed by atoms with Gasteiger partial charge in [-0.2, -0.15) is 0 Å². The number of benzene rings is 2. The van der Waals surface area contributed by atoms with E-state index in [2.05, 4.69) is 20.6 Å². The van der Waals surface area contributed by atoms with Gasteiger partial charge in [0, 0.05) is 50.0 Å². The third-order valence-corrected chi connectivity index (χ3v) is 6.16. The zero-order chi connectivity index (χ0) is 26.2. The second kappa shape index (κ2) is 9.45. The lowest BCUT2D eigenvalue weighted by molar-refractivity contribution is -0.131. The molecule has 2 aromatic carbocycles. The molecule has 4 aromatic rings. The number of fused-ring (bicyclic) bond motifs is 1. The maximum absolute atomic E-state index is 14.9. The lowest BCUT2D eigenvalue weighted by atomic mass is 10.0. The highest BCUT2D eigenvalue weighted by Gasteiger charge is 2.56. The lowest BCUT2D eigenvalue weighted by Gasteiger charge is -2.16. The van der Waals surface area contributed by atoms with Crippen molar-refractivity contribution in [2.75, 3.05) is 29.6 Å². The summed E-state index contributed by atoms with van der Waals surface area (Å²) in [4.78, 5) is 36.2. The van der Waals surface area contributed by atoms with Crippen LogP contribution < -0.4 is 20.3 Å². The van der Waals surface area contributed by atoms with Crippen LogP contribution in [0.5, 0.6) is 11.5 Å². The molecule has 0 radical (unpaired) electrons. The van der Waals surface area contributed by atoms with Crippen LogP contribution in [0.15, 0.2) is 67.0 Å². The summed E-state index contributed by atoms with van der Waals surface area (Å²) < 4.78 is 33.8. The number of nitrogens with one attached hydrogen (secondary N) is 2. The van der Waals surface area contributed by atoms with Gasteiger partial charge in [0.15, 0.2) is 11.6 Å². The summed E-state index contributed by atoms with van der Waals surface area (Å²) >= 11 is 0. The summed E-state index contributed by atoms with van der Waals surface area (Å²) in [5, 5.41) is 5.87. The summed E-state index contributed by atoms with van der Waals surface area (Å²) in [7, 11) is 3.74. The van der Waals surface area contributed by atoms with Gasteiger partial charge in [0.25, 0.3) is 0 Å². The molecule has 0 spiro atoms. The van der Waals surface area contributed by atoms with Gasteiger partial charge in [-0.1, -0.05) is 0 Å². The van der Waals surface area contributed by atoms with E-state index in [-0.39, 0.29) is 11.4 Å². The number of hydrogen-bond donors (Lipinski definition) is 2. The molecule has 2 heterocycles. The molecule has 0 unspecified atom stereocenters. The van der Waals surface area contributed by atoms with E-state index in [9.17, 15) is 18.4 Å². The fourth-order valence-corrected chi connectivity index (χ4v) is 3.84. The predicted molar refractivity (Wildman–Crippen MR) is 136 cm³/mol. The van der Waals surface area contributed by atoms with Gasteiger partial charge in [0.05, 0.1) is 10.9 Å². The topological polar surface area (TPSA) is 96.5 Å². The number of amides is 2. The zero-order valence-electron chi connectivity index (χ0n) is 20.1. The molecule has 8 nitrogen and oxygen atoms in total. The number of anilines is 3. The van der Waals surface area contributed by atoms with Gasteiger partial charge in [-0.3, -0.25) is 14.6 Å². The minimum atomic E-state index is -1.26. The van der Waals surface area contributed by atoms with E-state index < -0.39 is 28.9 Å². The van der Waals surface area contributed by atoms with Crippen molar-refractivity contribution in [3.05, 3.63) is 78.6 Å². The summed E-state index contributed by atoms with van der Waals surface area (Å²) in [6.45, 7) is 0. The van der Waals surface area contributed by atoms with E-state index in [0.717, 1.165) is 11.9 Å². The first-order chi connectivity index (χ1) is 17.7. The van der Waals surface area contributed by atoms with Crippen LogP contribution in [-0.4, -0.2) is 35.9 Å². The average molecular weight is 504 g/mol. The second-order valence-electron chi connectivity index (χ2n) is 9.01. The van der Waals surface area contributed by atoms with Crippen molar-refractivity contribution in [1.29, 1.82) is 0 Å². The molecule has 0 saturated heterocycles. The Morgan fingerprint density at radius 3 is 2.22 bits per heavy atom. The Balaban J connectivity index is 1.29. The van der Waals surface area contributed by atoms with Crippen LogP contribution in [0.4, 0.5) is 26.0 Å². The quantitative estimate of drug-likeness (QED) is 0.340. The lowest BCUT2D eigenvalue weighted by Crippen LogP contribution is -2.35. The first-order valence-electron chi connectivity index (χ1n) is 11.5. The van der Waals surface area contributed by atoms with Crippen LogP contribution >= 0.6 is 0 Å². The summed E-state index contributed by atoms with van der Waals surface area (Å²) in [6.07, 6.45) is 3.89. The Morgan fingerprint density at radius 1 is 0.892 bits per heavy atom. The standard InChI is InChI=1S/C27H23F2N5O3/c1-34(2)24-14-21-19(15-31-24)22(9-12-30-21)37-23-8-7-18(13-20(23)29)33-26(36)27(10-11-27)25(35)32-17-5-3-16(28)4-6-17/h3-9,12-15H,10-11H2,1-2H3,(H,32,35)(H,33,36). The van der Waals surface area contributed by atoms with Crippen molar-refractivity contribution in [2.45, 2.75) is 12.8 Å². The molecular weight excluding hydrogens is 480 g/mol. The number of carbonyl (C=O) groups excluding carboxylic acids is 2. The Hall–Kier alpha value is -4.60. The van der Waals surface area contributed by atoms with Gasteiger partial charge in [-0.15, -0.1) is 0 Å². The molecule has 37 heavy (non-hydrogen) atoms. The van der Waals surface area contributed by atoms with Crippen molar-refractivity contribution < 1.29 is 23.1 Å². The van der Waals surface area contributed by atoms with Crippen LogP contribution in [0.2, 0.25) is 0 Å². The normalized spacial score (nSPS) is 13.6. The smallest absolute Gasteiger partial charge is 0.240 e. The third-order valence-electron chi connectivity index (χ3n) is 6.16. The van der Waals surface area contributed by atoms with Crippen molar-refractivity contribution in [2.24, 2.45) is 5.41 Å². The molecule has 1 fully saturated rings. The number of carbonyl (C=O) groups is 2. The summed E-state index contributed by atoms with van der Waals surface area (Å²) in [5.74, 6) is -1.09. The average Bonchev–Trinajstić information content (AvgIpc) is 3.69. The van der Waals surface area contributed by atoms with Crippen molar-refractivity contribution in [3.8, 4) is 11.5 Å². The number of hydrogen-bond acceptors (Lipinski definition) is 6. The fraction of sp³-hybridized carbons (Fsp3) is 0.185. The molecule has 0 atom stereocenters. The molecular formula is C27H23F2N5O3. The number of pyridine rings is 2. The molecule has 1 aliphatic rings. The number of nitrogens with zero attached hydrogens (tertiary/aromatic N) is 3. The third kappa shape index (κ3) is 4.90. The van der Waals surface area contributed by atoms with Gasteiger partial charge in [-0.25, -0.2) is 13.8 Å². The zero-order valence-corrected chi connectivity index (χ0v) is 20.1. The molecule has 188 valence electrons. The minimum Gasteiger partial charge on any atom is -0.453 e. The highest BCUT2D eigenvalue weighted by molar-refractivity contribution is 6.16. The van der Waals surface area contributed by atoms with Crippen molar-refractivity contribution in [3.63, 3.8) is 0 Å². The van der Waals surface area contributed by atoms with E-state index in [4.69, 9.17) is 4.74 Å². The fourth-order valence-electron chi connectivity index (χ4n) is 3.84. The predicted octanol–water partition coefficient (Wildman–Crippen LogP) is 5.12. The van der Waals surface area contributed by atoms with E-state index in [0.29, 0.717) is 35.2 Å². The molecule has 0 aliphatic heterocycles. The second-order valence-corrected chi connectivity index (χ2v) is 9.01. The number of rotatable bonds is 7. The van der Waals surface area contributed by atoms with Crippen molar-refractivity contribution >= 4 is 39.9 Å². The first kappa shape index (κ1) is 24.1. The molecule has 2 aromatic heterocycles. The Kier molecular flexibility index (Phi) is 6.16. The summed E-state index contributed by atoms with van der Waals surface area (Å²) in [6, 6.07) is 12.7. The molecule has 2 amide bonds. The Morgan fingerprint density at radius 2 is 1.57 bits per heavy atom. The SMILES string of the molecule is CN(C)c1cc2nccc(Oc3ccc(NC(=O)C4(C(=O)Nc5ccc(F)cc5)CC4)cc3F)c2cn1. The molecule has 5 rings (SSSR count). The van der Waals surface area contributed by atoms with Crippen LogP contribution in [0.25, 0.3) is 10.9 Å². The van der Waals surface area contributed by atoms with Gasteiger partial charge in [-0.05, 0) is 55.3 Å². The van der Waals surface area contributed by atoms with E-state index in [1.165, 1.54) is 36.4 Å². The largest absolute Gasteiger partial charge is 0.453 e. The molecule has 1 saturated carbocycles. The highest BCUT2D eigenvalue weighted by atomic mass is 19.1. The van der Waals surface area contributed by atoms with Gasteiger partial charge < -0.3 is 20.3 Å². The molecule has 10 heteroatoms. The van der Waals surface area contributed by atoms with E-state index in [1.54, 1.807) is 24.5 Å². The number of halogens is 2. The monoisotopic (exact) mass is 503 g/mol. The van der Waals surface area contributed by atoms with Gasteiger partial charge >= 0.3 is 0 Å². The van der Waals surface area contributed by atoms with Gasteiger partial charge in [0.2, 0.25) is 11.8 Å². The van der Waals surface area contributed by atoms with E-state index in [1.807, 2.05) is 19.0 Å². The molecule has 2 N–H and O–H groups in total. The molecule has 1 aliphatic carbocycles. The van der Waals surface area contributed by atoms with Crippen LogP contribution in [0, 0.1) is 17.0 Å².